The standard InChI is InChI=1S/C15H21NO/c1-10-5-6-14-12(8-10)13(16)9-15(17-14)7-3-4-11(15)2/h5-6,8,11,13H,3-4,7,9,16H2,1-2H3. The second kappa shape index (κ2) is 3.74. The molecule has 2 N–H and O–H groups in total. The van der Waals surface area contributed by atoms with Gasteiger partial charge in [0.25, 0.3) is 0 Å². The van der Waals surface area contributed by atoms with Crippen molar-refractivity contribution >= 4 is 0 Å². The van der Waals surface area contributed by atoms with Crippen LogP contribution < -0.4 is 10.5 Å². The highest BCUT2D eigenvalue weighted by Gasteiger charge is 2.46. The van der Waals surface area contributed by atoms with Gasteiger partial charge in [-0.1, -0.05) is 24.6 Å². The molecule has 1 aromatic carbocycles. The topological polar surface area (TPSA) is 35.2 Å². The highest BCUT2D eigenvalue weighted by molar-refractivity contribution is 5.41. The first-order chi connectivity index (χ1) is 8.11. The summed E-state index contributed by atoms with van der Waals surface area (Å²) in [5, 5.41) is 0. The molecule has 0 radical (unpaired) electrons. The molecule has 1 spiro atoms. The third-order valence-corrected chi connectivity index (χ3v) is 4.58. The van der Waals surface area contributed by atoms with Crippen LogP contribution in [0.1, 0.15) is 49.8 Å². The Morgan fingerprint density at radius 1 is 1.41 bits per heavy atom. The Labute approximate surface area is 103 Å². The van der Waals surface area contributed by atoms with Crippen molar-refractivity contribution in [1.29, 1.82) is 0 Å². The van der Waals surface area contributed by atoms with Gasteiger partial charge in [-0.2, -0.15) is 0 Å². The zero-order valence-electron chi connectivity index (χ0n) is 10.7. The number of fused-ring (bicyclic) bond motifs is 1. The summed E-state index contributed by atoms with van der Waals surface area (Å²) in [6.07, 6.45) is 4.68. The molecule has 1 saturated carbocycles. The molecule has 0 saturated heterocycles. The van der Waals surface area contributed by atoms with E-state index < -0.39 is 0 Å². The van der Waals surface area contributed by atoms with Gasteiger partial charge in [-0.15, -0.1) is 0 Å². The molecule has 1 heterocycles. The van der Waals surface area contributed by atoms with Gasteiger partial charge in [0, 0.05) is 18.0 Å². The van der Waals surface area contributed by atoms with E-state index in [9.17, 15) is 0 Å². The van der Waals surface area contributed by atoms with E-state index in [1.54, 1.807) is 0 Å². The summed E-state index contributed by atoms with van der Waals surface area (Å²) < 4.78 is 6.34. The monoisotopic (exact) mass is 231 g/mol. The molecule has 17 heavy (non-hydrogen) atoms. The molecule has 1 fully saturated rings. The maximum absolute atomic E-state index is 6.35. The number of aryl methyl sites for hydroxylation is 1. The van der Waals surface area contributed by atoms with Gasteiger partial charge in [-0.25, -0.2) is 0 Å². The number of rotatable bonds is 0. The summed E-state index contributed by atoms with van der Waals surface area (Å²) in [7, 11) is 0. The maximum atomic E-state index is 6.35. The lowest BCUT2D eigenvalue weighted by Gasteiger charge is -2.41. The Bertz CT molecular complexity index is 443. The van der Waals surface area contributed by atoms with Gasteiger partial charge in [0.05, 0.1) is 0 Å². The lowest BCUT2D eigenvalue weighted by atomic mass is 9.81. The van der Waals surface area contributed by atoms with Crippen molar-refractivity contribution in [2.24, 2.45) is 11.7 Å². The summed E-state index contributed by atoms with van der Waals surface area (Å²) in [5.74, 6) is 1.64. The predicted molar refractivity (Wildman–Crippen MR) is 69.1 cm³/mol. The third-order valence-electron chi connectivity index (χ3n) is 4.58. The summed E-state index contributed by atoms with van der Waals surface area (Å²) in [6.45, 7) is 4.41. The van der Waals surface area contributed by atoms with E-state index in [2.05, 4.69) is 32.0 Å². The van der Waals surface area contributed by atoms with Crippen LogP contribution >= 0.6 is 0 Å². The molecule has 0 aromatic heterocycles. The first-order valence-corrected chi connectivity index (χ1v) is 6.66. The van der Waals surface area contributed by atoms with Crippen molar-refractivity contribution < 1.29 is 4.74 Å². The Morgan fingerprint density at radius 3 is 2.94 bits per heavy atom. The van der Waals surface area contributed by atoms with Crippen LogP contribution in [0, 0.1) is 12.8 Å². The fourth-order valence-corrected chi connectivity index (χ4v) is 3.47. The molecule has 3 rings (SSSR count). The summed E-state index contributed by atoms with van der Waals surface area (Å²) >= 11 is 0. The molecule has 1 aliphatic heterocycles. The van der Waals surface area contributed by atoms with E-state index >= 15 is 0 Å². The molecular weight excluding hydrogens is 210 g/mol. The van der Waals surface area contributed by atoms with Crippen LogP contribution in [0.3, 0.4) is 0 Å². The number of nitrogens with two attached hydrogens (primary N) is 1. The average molecular weight is 231 g/mol. The van der Waals surface area contributed by atoms with E-state index in [0.717, 1.165) is 18.6 Å². The maximum Gasteiger partial charge on any atom is 0.124 e. The van der Waals surface area contributed by atoms with Crippen LogP contribution in [0.15, 0.2) is 18.2 Å². The van der Waals surface area contributed by atoms with Gasteiger partial charge < -0.3 is 10.5 Å². The Hall–Kier alpha value is -1.02. The van der Waals surface area contributed by atoms with Crippen molar-refractivity contribution in [3.05, 3.63) is 29.3 Å². The van der Waals surface area contributed by atoms with Crippen molar-refractivity contribution in [2.45, 2.75) is 51.2 Å². The second-order valence-electron chi connectivity index (χ2n) is 5.81. The zero-order chi connectivity index (χ0) is 12.0. The van der Waals surface area contributed by atoms with Gasteiger partial charge in [0.1, 0.15) is 11.4 Å². The SMILES string of the molecule is Cc1ccc2c(c1)C(N)CC1(CCCC1C)O2. The van der Waals surface area contributed by atoms with Crippen LogP contribution in [0.2, 0.25) is 0 Å². The highest BCUT2D eigenvalue weighted by Crippen LogP contribution is 2.49. The normalized spacial score (nSPS) is 35.7. The minimum absolute atomic E-state index is 0.0156. The quantitative estimate of drug-likeness (QED) is 0.743. The van der Waals surface area contributed by atoms with Crippen LogP contribution in [0.5, 0.6) is 5.75 Å². The average Bonchev–Trinajstić information content (AvgIpc) is 2.62. The van der Waals surface area contributed by atoms with E-state index in [-0.39, 0.29) is 11.6 Å². The molecule has 0 amide bonds. The lowest BCUT2D eigenvalue weighted by molar-refractivity contribution is 0.00665. The smallest absolute Gasteiger partial charge is 0.124 e. The largest absolute Gasteiger partial charge is 0.487 e. The molecule has 2 aliphatic rings. The third kappa shape index (κ3) is 1.66. The van der Waals surface area contributed by atoms with E-state index in [1.165, 1.54) is 24.0 Å². The molecule has 3 unspecified atom stereocenters. The molecule has 0 bridgehead atoms. The Balaban J connectivity index is 2.01. The van der Waals surface area contributed by atoms with Crippen LogP contribution in [0.4, 0.5) is 0 Å². The van der Waals surface area contributed by atoms with E-state index in [1.807, 2.05) is 0 Å². The Kier molecular flexibility index (Phi) is 2.44. The van der Waals surface area contributed by atoms with Gasteiger partial charge in [-0.3, -0.25) is 0 Å². The van der Waals surface area contributed by atoms with E-state index in [0.29, 0.717) is 5.92 Å². The number of hydrogen-bond donors (Lipinski definition) is 1. The fourth-order valence-electron chi connectivity index (χ4n) is 3.47. The molecular formula is C15H21NO. The number of hydrogen-bond acceptors (Lipinski definition) is 2. The first kappa shape index (κ1) is 11.1. The predicted octanol–water partition coefficient (Wildman–Crippen LogP) is 3.34. The van der Waals surface area contributed by atoms with Crippen LogP contribution in [-0.4, -0.2) is 5.60 Å². The van der Waals surface area contributed by atoms with Gasteiger partial charge >= 0.3 is 0 Å². The summed E-state index contributed by atoms with van der Waals surface area (Å²) in [6, 6.07) is 6.52. The first-order valence-electron chi connectivity index (χ1n) is 6.66. The molecule has 1 aromatic rings. The molecule has 2 nitrogen and oxygen atoms in total. The van der Waals surface area contributed by atoms with Crippen LogP contribution in [0.25, 0.3) is 0 Å². The van der Waals surface area contributed by atoms with Gasteiger partial charge in [-0.05, 0) is 38.2 Å². The zero-order valence-corrected chi connectivity index (χ0v) is 10.7. The lowest BCUT2D eigenvalue weighted by Crippen LogP contribution is -2.44. The number of ether oxygens (including phenoxy) is 1. The van der Waals surface area contributed by atoms with Crippen molar-refractivity contribution in [2.75, 3.05) is 0 Å². The highest BCUT2D eigenvalue weighted by atomic mass is 16.5. The van der Waals surface area contributed by atoms with Gasteiger partial charge in [0.2, 0.25) is 0 Å². The molecule has 3 atom stereocenters. The fraction of sp³-hybridized carbons (Fsp3) is 0.600. The minimum atomic E-state index is 0.0156. The summed E-state index contributed by atoms with van der Waals surface area (Å²) in [5.41, 5.74) is 8.82. The van der Waals surface area contributed by atoms with Crippen molar-refractivity contribution in [3.8, 4) is 5.75 Å². The molecule has 92 valence electrons. The second-order valence-corrected chi connectivity index (χ2v) is 5.81. The minimum Gasteiger partial charge on any atom is -0.487 e. The Morgan fingerprint density at radius 2 is 2.24 bits per heavy atom. The molecule has 1 aliphatic carbocycles. The number of benzene rings is 1. The molecule has 2 heteroatoms. The van der Waals surface area contributed by atoms with Crippen molar-refractivity contribution in [1.82, 2.24) is 0 Å². The summed E-state index contributed by atoms with van der Waals surface area (Å²) in [4.78, 5) is 0. The van der Waals surface area contributed by atoms with Crippen LogP contribution in [-0.2, 0) is 0 Å². The van der Waals surface area contributed by atoms with Gasteiger partial charge in [0.15, 0.2) is 0 Å². The van der Waals surface area contributed by atoms with E-state index in [4.69, 9.17) is 10.5 Å². The van der Waals surface area contributed by atoms with Crippen molar-refractivity contribution in [3.63, 3.8) is 0 Å².